The van der Waals surface area contributed by atoms with E-state index in [1.807, 2.05) is 12.1 Å². The lowest BCUT2D eigenvalue weighted by Crippen LogP contribution is -2.41. The van der Waals surface area contributed by atoms with Crippen molar-refractivity contribution in [3.05, 3.63) is 24.5 Å². The second-order valence-corrected chi connectivity index (χ2v) is 2.80. The summed E-state index contributed by atoms with van der Waals surface area (Å²) in [6, 6.07) is 3.65. The average Bonchev–Trinajstić information content (AvgIpc) is 2.20. The molecular formula is C9H10N2O2. The molecule has 0 bridgehead atoms. The van der Waals surface area contributed by atoms with Gasteiger partial charge in [0.15, 0.2) is 0 Å². The summed E-state index contributed by atoms with van der Waals surface area (Å²) >= 11 is 0. The molecule has 0 N–H and O–H groups in total. The summed E-state index contributed by atoms with van der Waals surface area (Å²) in [7, 11) is 0. The maximum atomic E-state index is 11.4. The highest BCUT2D eigenvalue weighted by atomic mass is 16.5. The molecule has 1 fully saturated rings. The molecule has 0 radical (unpaired) electrons. The average molecular weight is 178 g/mol. The molecule has 1 aliphatic heterocycles. The number of carbonyl (C=O) groups is 1. The number of morpholine rings is 1. The second kappa shape index (κ2) is 3.53. The quantitative estimate of drug-likeness (QED) is 0.626. The zero-order chi connectivity index (χ0) is 9.10. The molecule has 0 aliphatic carbocycles. The van der Waals surface area contributed by atoms with Crippen molar-refractivity contribution in [1.82, 2.24) is 4.98 Å². The molecule has 4 nitrogen and oxygen atoms in total. The fraction of sp³-hybridized carbons (Fsp3) is 0.333. The fourth-order valence-electron chi connectivity index (χ4n) is 1.32. The number of amides is 1. The minimum absolute atomic E-state index is 0.0115. The summed E-state index contributed by atoms with van der Waals surface area (Å²) in [5.74, 6) is 0.0115. The van der Waals surface area contributed by atoms with Crippen LogP contribution in [0.15, 0.2) is 24.5 Å². The molecule has 13 heavy (non-hydrogen) atoms. The predicted octanol–water partition coefficient (Wildman–Crippen LogP) is 0.445. The lowest BCUT2D eigenvalue weighted by Gasteiger charge is -2.26. The Kier molecular flexibility index (Phi) is 2.23. The Bertz CT molecular complexity index is 300. The summed E-state index contributed by atoms with van der Waals surface area (Å²) in [4.78, 5) is 17.0. The van der Waals surface area contributed by atoms with Crippen LogP contribution in [0.5, 0.6) is 0 Å². The third-order valence-electron chi connectivity index (χ3n) is 1.96. The fourth-order valence-corrected chi connectivity index (χ4v) is 1.32. The molecular weight excluding hydrogens is 168 g/mol. The van der Waals surface area contributed by atoms with Gasteiger partial charge in [-0.1, -0.05) is 0 Å². The molecule has 0 saturated carbocycles. The van der Waals surface area contributed by atoms with Crippen LogP contribution in [0.25, 0.3) is 0 Å². The summed E-state index contributed by atoms with van der Waals surface area (Å²) in [6.07, 6.45) is 3.36. The van der Waals surface area contributed by atoms with Crippen LogP contribution in [-0.2, 0) is 9.53 Å². The molecule has 1 aromatic heterocycles. The molecule has 1 saturated heterocycles. The molecule has 2 rings (SSSR count). The Morgan fingerprint density at radius 2 is 2.15 bits per heavy atom. The van der Waals surface area contributed by atoms with Gasteiger partial charge in [0, 0.05) is 24.6 Å². The Morgan fingerprint density at radius 3 is 2.85 bits per heavy atom. The monoisotopic (exact) mass is 178 g/mol. The maximum Gasteiger partial charge on any atom is 0.253 e. The molecule has 1 amide bonds. The van der Waals surface area contributed by atoms with E-state index in [1.54, 1.807) is 17.3 Å². The van der Waals surface area contributed by atoms with Crippen molar-refractivity contribution in [3.63, 3.8) is 0 Å². The second-order valence-electron chi connectivity index (χ2n) is 2.80. The van der Waals surface area contributed by atoms with Gasteiger partial charge in [-0.2, -0.15) is 0 Å². The number of hydrogen-bond acceptors (Lipinski definition) is 3. The Hall–Kier alpha value is -1.42. The van der Waals surface area contributed by atoms with E-state index >= 15 is 0 Å². The number of aromatic nitrogens is 1. The minimum atomic E-state index is 0.0115. The number of hydrogen-bond donors (Lipinski definition) is 0. The number of pyridine rings is 1. The van der Waals surface area contributed by atoms with Gasteiger partial charge < -0.3 is 9.64 Å². The van der Waals surface area contributed by atoms with Crippen LogP contribution in [0.3, 0.4) is 0 Å². The van der Waals surface area contributed by atoms with Crippen LogP contribution in [0.4, 0.5) is 5.69 Å². The number of ether oxygens (including phenoxy) is 1. The summed E-state index contributed by atoms with van der Waals surface area (Å²) in [6.45, 7) is 1.42. The Balaban J connectivity index is 2.20. The topological polar surface area (TPSA) is 42.4 Å². The third kappa shape index (κ3) is 1.67. The third-order valence-corrected chi connectivity index (χ3v) is 1.96. The SMILES string of the molecule is O=C1COCCN1c1ccncc1. The van der Waals surface area contributed by atoms with Crippen LogP contribution in [-0.4, -0.2) is 30.6 Å². The lowest BCUT2D eigenvalue weighted by molar-refractivity contribution is -0.125. The first kappa shape index (κ1) is 8.19. The number of carbonyl (C=O) groups excluding carboxylic acids is 1. The zero-order valence-corrected chi connectivity index (χ0v) is 7.14. The zero-order valence-electron chi connectivity index (χ0n) is 7.14. The van der Waals surface area contributed by atoms with Crippen molar-refractivity contribution in [2.75, 3.05) is 24.7 Å². The van der Waals surface area contributed by atoms with Gasteiger partial charge in [0.05, 0.1) is 6.61 Å². The van der Waals surface area contributed by atoms with E-state index in [0.29, 0.717) is 13.2 Å². The highest BCUT2D eigenvalue weighted by Gasteiger charge is 2.19. The van der Waals surface area contributed by atoms with E-state index in [2.05, 4.69) is 4.98 Å². The molecule has 1 aromatic rings. The largest absolute Gasteiger partial charge is 0.370 e. The predicted molar refractivity (Wildman–Crippen MR) is 47.4 cm³/mol. The van der Waals surface area contributed by atoms with Crippen molar-refractivity contribution >= 4 is 11.6 Å². The van der Waals surface area contributed by atoms with Gasteiger partial charge in [-0.3, -0.25) is 9.78 Å². The first-order chi connectivity index (χ1) is 6.38. The van der Waals surface area contributed by atoms with Gasteiger partial charge >= 0.3 is 0 Å². The van der Waals surface area contributed by atoms with Gasteiger partial charge in [0.1, 0.15) is 6.61 Å². The van der Waals surface area contributed by atoms with Crippen LogP contribution >= 0.6 is 0 Å². The standard InChI is InChI=1S/C9H10N2O2/c12-9-7-13-6-5-11(9)8-1-3-10-4-2-8/h1-4H,5-7H2. The van der Waals surface area contributed by atoms with E-state index < -0.39 is 0 Å². The molecule has 1 aliphatic rings. The van der Waals surface area contributed by atoms with Gasteiger partial charge in [-0.15, -0.1) is 0 Å². The molecule has 4 heteroatoms. The van der Waals surface area contributed by atoms with Crippen molar-refractivity contribution in [2.24, 2.45) is 0 Å². The van der Waals surface area contributed by atoms with Gasteiger partial charge in [-0.05, 0) is 12.1 Å². The minimum Gasteiger partial charge on any atom is -0.370 e. The molecule has 2 heterocycles. The van der Waals surface area contributed by atoms with Crippen molar-refractivity contribution in [1.29, 1.82) is 0 Å². The van der Waals surface area contributed by atoms with Crippen molar-refractivity contribution < 1.29 is 9.53 Å². The van der Waals surface area contributed by atoms with E-state index in [9.17, 15) is 4.79 Å². The summed E-state index contributed by atoms with van der Waals surface area (Å²) in [5, 5.41) is 0. The normalized spacial score (nSPS) is 17.5. The van der Waals surface area contributed by atoms with Crippen LogP contribution in [0, 0.1) is 0 Å². The Labute approximate surface area is 76.1 Å². The van der Waals surface area contributed by atoms with E-state index in [4.69, 9.17) is 4.74 Å². The summed E-state index contributed by atoms with van der Waals surface area (Å²) < 4.78 is 5.03. The number of rotatable bonds is 1. The van der Waals surface area contributed by atoms with Crippen LogP contribution < -0.4 is 4.90 Å². The van der Waals surface area contributed by atoms with Gasteiger partial charge in [-0.25, -0.2) is 0 Å². The van der Waals surface area contributed by atoms with E-state index in [1.165, 1.54) is 0 Å². The van der Waals surface area contributed by atoms with Crippen molar-refractivity contribution in [2.45, 2.75) is 0 Å². The smallest absolute Gasteiger partial charge is 0.253 e. The highest BCUT2D eigenvalue weighted by molar-refractivity contribution is 5.94. The van der Waals surface area contributed by atoms with E-state index in [0.717, 1.165) is 5.69 Å². The van der Waals surface area contributed by atoms with Crippen LogP contribution in [0.2, 0.25) is 0 Å². The first-order valence-corrected chi connectivity index (χ1v) is 4.16. The van der Waals surface area contributed by atoms with Crippen LogP contribution in [0.1, 0.15) is 0 Å². The molecule has 0 unspecified atom stereocenters. The number of anilines is 1. The van der Waals surface area contributed by atoms with Gasteiger partial charge in [0.25, 0.3) is 5.91 Å². The summed E-state index contributed by atoms with van der Waals surface area (Å²) in [5.41, 5.74) is 0.892. The highest BCUT2D eigenvalue weighted by Crippen LogP contribution is 2.13. The maximum absolute atomic E-state index is 11.4. The number of nitrogens with zero attached hydrogens (tertiary/aromatic N) is 2. The van der Waals surface area contributed by atoms with Gasteiger partial charge in [0.2, 0.25) is 0 Å². The first-order valence-electron chi connectivity index (χ1n) is 4.16. The molecule has 0 atom stereocenters. The molecule has 68 valence electrons. The Morgan fingerprint density at radius 1 is 1.38 bits per heavy atom. The molecule has 0 spiro atoms. The van der Waals surface area contributed by atoms with E-state index in [-0.39, 0.29) is 12.5 Å². The lowest BCUT2D eigenvalue weighted by atomic mass is 10.3. The molecule has 0 aromatic carbocycles. The van der Waals surface area contributed by atoms with Crippen molar-refractivity contribution in [3.8, 4) is 0 Å².